The second-order valence-electron chi connectivity index (χ2n) is 6.76. The number of benzene rings is 1. The van der Waals surface area contributed by atoms with Crippen molar-refractivity contribution in [3.05, 3.63) is 35.9 Å². The molecule has 0 fully saturated rings. The van der Waals surface area contributed by atoms with Crippen LogP contribution in [-0.4, -0.2) is 53.9 Å². The topological polar surface area (TPSA) is 143 Å². The Morgan fingerprint density at radius 2 is 1.68 bits per heavy atom. The lowest BCUT2D eigenvalue weighted by Crippen LogP contribution is -2.51. The molecule has 28 heavy (non-hydrogen) atoms. The number of alkyl carbamates (subject to hydrolysis) is 2. The summed E-state index contributed by atoms with van der Waals surface area (Å²) in [6.07, 6.45) is -1.63. The molecule has 1 aromatic rings. The van der Waals surface area contributed by atoms with Gasteiger partial charge in [-0.3, -0.25) is 4.79 Å². The Morgan fingerprint density at radius 3 is 2.25 bits per heavy atom. The maximum absolute atomic E-state index is 11.8. The summed E-state index contributed by atoms with van der Waals surface area (Å²) in [5, 5.41) is 15.8. The van der Waals surface area contributed by atoms with Gasteiger partial charge < -0.3 is 30.5 Å². The van der Waals surface area contributed by atoms with Crippen LogP contribution in [0.1, 0.15) is 26.3 Å². The third kappa shape index (κ3) is 10.00. The smallest absolute Gasteiger partial charge is 0.407 e. The van der Waals surface area contributed by atoms with Crippen LogP contribution in [0.15, 0.2) is 30.3 Å². The Hall–Kier alpha value is -3.30. The van der Waals surface area contributed by atoms with E-state index in [1.54, 1.807) is 45.0 Å². The SMILES string of the molecule is CC(C)(C)OC(=O)NC[C@@H](NC(=O)CNC(=O)OCc1ccccc1)C(=O)O. The third-order valence-electron chi connectivity index (χ3n) is 3.09. The molecule has 0 unspecified atom stereocenters. The fourth-order valence-electron chi connectivity index (χ4n) is 1.87. The number of carbonyl (C=O) groups is 4. The van der Waals surface area contributed by atoms with E-state index in [0.29, 0.717) is 0 Å². The van der Waals surface area contributed by atoms with Gasteiger partial charge >= 0.3 is 18.2 Å². The normalized spacial score (nSPS) is 11.7. The number of rotatable bonds is 8. The van der Waals surface area contributed by atoms with Crippen molar-refractivity contribution in [2.75, 3.05) is 13.1 Å². The van der Waals surface area contributed by atoms with E-state index in [1.165, 1.54) is 0 Å². The maximum Gasteiger partial charge on any atom is 0.407 e. The first-order valence-electron chi connectivity index (χ1n) is 8.50. The zero-order valence-electron chi connectivity index (χ0n) is 16.0. The van der Waals surface area contributed by atoms with Gasteiger partial charge in [0.2, 0.25) is 5.91 Å². The number of aliphatic carboxylic acids is 1. The van der Waals surface area contributed by atoms with Gasteiger partial charge in [0, 0.05) is 0 Å². The van der Waals surface area contributed by atoms with Crippen LogP contribution in [0.2, 0.25) is 0 Å². The molecule has 0 saturated carbocycles. The quantitative estimate of drug-likeness (QED) is 0.514. The predicted octanol–water partition coefficient (Wildman–Crippen LogP) is 1.01. The summed E-state index contributed by atoms with van der Waals surface area (Å²) in [6.45, 7) is 4.15. The molecule has 0 aromatic heterocycles. The summed E-state index contributed by atoms with van der Waals surface area (Å²) in [4.78, 5) is 46.2. The van der Waals surface area contributed by atoms with Gasteiger partial charge in [0.05, 0.1) is 6.54 Å². The second-order valence-corrected chi connectivity index (χ2v) is 6.76. The van der Waals surface area contributed by atoms with Crippen molar-refractivity contribution in [3.8, 4) is 0 Å². The molecule has 0 aliphatic carbocycles. The Morgan fingerprint density at radius 1 is 1.04 bits per heavy atom. The minimum Gasteiger partial charge on any atom is -0.480 e. The van der Waals surface area contributed by atoms with Crippen LogP contribution in [0.5, 0.6) is 0 Å². The third-order valence-corrected chi connectivity index (χ3v) is 3.09. The van der Waals surface area contributed by atoms with Crippen LogP contribution in [-0.2, 0) is 25.7 Å². The van der Waals surface area contributed by atoms with Gasteiger partial charge in [-0.2, -0.15) is 0 Å². The molecule has 4 N–H and O–H groups in total. The number of carboxylic acids is 1. The van der Waals surface area contributed by atoms with Gasteiger partial charge in [-0.05, 0) is 26.3 Å². The van der Waals surface area contributed by atoms with Gasteiger partial charge in [-0.1, -0.05) is 30.3 Å². The molecule has 0 spiro atoms. The molecule has 154 valence electrons. The minimum absolute atomic E-state index is 0.0336. The zero-order chi connectivity index (χ0) is 21.2. The zero-order valence-corrected chi connectivity index (χ0v) is 16.0. The Bertz CT molecular complexity index is 686. The number of ether oxygens (including phenoxy) is 2. The first-order valence-corrected chi connectivity index (χ1v) is 8.50. The van der Waals surface area contributed by atoms with Gasteiger partial charge in [0.1, 0.15) is 24.8 Å². The fraction of sp³-hybridized carbons (Fsp3) is 0.444. The molecular weight excluding hydrogens is 370 g/mol. The molecule has 3 amide bonds. The van der Waals surface area contributed by atoms with Crippen molar-refractivity contribution >= 4 is 24.1 Å². The summed E-state index contributed by atoms with van der Waals surface area (Å²) in [5.41, 5.74) is 0.0389. The lowest BCUT2D eigenvalue weighted by Gasteiger charge is -2.21. The van der Waals surface area contributed by atoms with Crippen LogP contribution in [0, 0.1) is 0 Å². The predicted molar refractivity (Wildman–Crippen MR) is 98.4 cm³/mol. The van der Waals surface area contributed by atoms with Crippen molar-refractivity contribution in [1.82, 2.24) is 16.0 Å². The van der Waals surface area contributed by atoms with E-state index in [4.69, 9.17) is 14.6 Å². The van der Waals surface area contributed by atoms with Crippen LogP contribution < -0.4 is 16.0 Å². The summed E-state index contributed by atoms with van der Waals surface area (Å²) in [6, 6.07) is 7.57. The van der Waals surface area contributed by atoms with Crippen LogP contribution in [0.4, 0.5) is 9.59 Å². The molecule has 0 heterocycles. The number of carboxylic acid groups (broad SMARTS) is 1. The highest BCUT2D eigenvalue weighted by molar-refractivity contribution is 5.87. The molecule has 1 atom stereocenters. The van der Waals surface area contributed by atoms with E-state index in [2.05, 4.69) is 16.0 Å². The van der Waals surface area contributed by atoms with E-state index in [0.717, 1.165) is 5.56 Å². The first kappa shape index (κ1) is 22.7. The van der Waals surface area contributed by atoms with Crippen molar-refractivity contribution in [2.45, 2.75) is 39.0 Å². The molecule has 0 radical (unpaired) electrons. The number of hydrogen-bond donors (Lipinski definition) is 4. The summed E-state index contributed by atoms with van der Waals surface area (Å²) in [5.74, 6) is -2.11. The van der Waals surface area contributed by atoms with E-state index in [-0.39, 0.29) is 13.2 Å². The highest BCUT2D eigenvalue weighted by Gasteiger charge is 2.23. The monoisotopic (exact) mass is 395 g/mol. The van der Waals surface area contributed by atoms with Crippen LogP contribution in [0.3, 0.4) is 0 Å². The number of carbonyl (C=O) groups excluding carboxylic acids is 3. The van der Waals surface area contributed by atoms with Crippen LogP contribution >= 0.6 is 0 Å². The minimum atomic E-state index is -1.39. The molecule has 0 bridgehead atoms. The van der Waals surface area contributed by atoms with Crippen molar-refractivity contribution in [1.29, 1.82) is 0 Å². The summed E-state index contributed by atoms with van der Waals surface area (Å²) in [7, 11) is 0. The molecule has 0 saturated heterocycles. The summed E-state index contributed by atoms with van der Waals surface area (Å²) < 4.78 is 9.92. The Kier molecular flexibility index (Phi) is 8.73. The molecule has 10 heteroatoms. The van der Waals surface area contributed by atoms with E-state index < -0.39 is 42.3 Å². The number of nitrogens with one attached hydrogen (secondary N) is 3. The van der Waals surface area contributed by atoms with Gasteiger partial charge in [0.25, 0.3) is 0 Å². The lowest BCUT2D eigenvalue weighted by molar-refractivity contribution is -0.141. The van der Waals surface area contributed by atoms with Crippen LogP contribution in [0.25, 0.3) is 0 Å². The Labute approximate surface area is 162 Å². The lowest BCUT2D eigenvalue weighted by atomic mass is 10.2. The second kappa shape index (κ2) is 10.8. The highest BCUT2D eigenvalue weighted by atomic mass is 16.6. The van der Waals surface area contributed by atoms with E-state index in [1.807, 2.05) is 6.07 Å². The van der Waals surface area contributed by atoms with E-state index in [9.17, 15) is 19.2 Å². The summed E-state index contributed by atoms with van der Waals surface area (Å²) >= 11 is 0. The van der Waals surface area contributed by atoms with Crippen molar-refractivity contribution in [3.63, 3.8) is 0 Å². The number of hydrogen-bond acceptors (Lipinski definition) is 6. The molecule has 0 aliphatic rings. The largest absolute Gasteiger partial charge is 0.480 e. The number of amides is 3. The average Bonchev–Trinajstić information content (AvgIpc) is 2.60. The standard InChI is InChI=1S/C18H25N3O7/c1-18(2,3)28-17(26)19-9-13(15(23)24)21-14(22)10-20-16(25)27-11-12-7-5-4-6-8-12/h4-8,13H,9-11H2,1-3H3,(H,19,26)(H,20,25)(H,21,22)(H,23,24)/t13-/m1/s1. The van der Waals surface area contributed by atoms with Gasteiger partial charge in [-0.25, -0.2) is 14.4 Å². The fourth-order valence-corrected chi connectivity index (χ4v) is 1.87. The maximum atomic E-state index is 11.8. The first-order chi connectivity index (χ1) is 13.1. The highest BCUT2D eigenvalue weighted by Crippen LogP contribution is 2.06. The van der Waals surface area contributed by atoms with Crippen molar-refractivity contribution < 1.29 is 33.8 Å². The molecular formula is C18H25N3O7. The molecule has 1 aromatic carbocycles. The average molecular weight is 395 g/mol. The van der Waals surface area contributed by atoms with E-state index >= 15 is 0 Å². The molecule has 10 nitrogen and oxygen atoms in total. The molecule has 1 rings (SSSR count). The Balaban J connectivity index is 2.35. The van der Waals surface area contributed by atoms with Gasteiger partial charge in [-0.15, -0.1) is 0 Å². The molecule has 0 aliphatic heterocycles. The van der Waals surface area contributed by atoms with Crippen molar-refractivity contribution in [2.24, 2.45) is 0 Å². The van der Waals surface area contributed by atoms with Gasteiger partial charge in [0.15, 0.2) is 0 Å².